The lowest BCUT2D eigenvalue weighted by atomic mass is 9.98. The van der Waals surface area contributed by atoms with E-state index in [9.17, 15) is 13.2 Å². The first-order valence-electron chi connectivity index (χ1n) is 10.1. The molecule has 3 aromatic rings. The third-order valence-electron chi connectivity index (χ3n) is 5.14. The highest BCUT2D eigenvalue weighted by molar-refractivity contribution is 5.67. The molecule has 0 fully saturated rings. The Balaban J connectivity index is 1.36. The number of rotatable bonds is 5. The number of nitrogens with zero attached hydrogens (tertiary/aromatic N) is 1. The van der Waals surface area contributed by atoms with E-state index in [1.54, 1.807) is 6.07 Å². The quantitative estimate of drug-likeness (QED) is 0.430. The van der Waals surface area contributed by atoms with Gasteiger partial charge in [-0.05, 0) is 71.8 Å². The summed E-state index contributed by atoms with van der Waals surface area (Å²) in [5.41, 5.74) is 2.05. The highest BCUT2D eigenvalue weighted by Gasteiger charge is 2.30. The molecule has 0 atom stereocenters. The zero-order valence-corrected chi connectivity index (χ0v) is 16.8. The Kier molecular flexibility index (Phi) is 6.12. The standard InChI is InChI=1S/C26H22F3NO/c27-26(28,29)23-6-4-5-22(19-23)21-14-17-30(18-15-21)16-13-20-9-11-25(12-10-20)31-24-7-2-1-3-8-24/h1-14,16,19H,15,17-18H2/b16-13+. The molecule has 3 aromatic carbocycles. The maximum absolute atomic E-state index is 12.9. The van der Waals surface area contributed by atoms with Crippen molar-refractivity contribution in [3.05, 3.63) is 108 Å². The van der Waals surface area contributed by atoms with Gasteiger partial charge in [-0.25, -0.2) is 0 Å². The van der Waals surface area contributed by atoms with Crippen LogP contribution in [0.5, 0.6) is 11.5 Å². The molecule has 1 heterocycles. The summed E-state index contributed by atoms with van der Waals surface area (Å²) in [5, 5.41) is 0. The minimum absolute atomic E-state index is 0.604. The van der Waals surface area contributed by atoms with Crippen LogP contribution in [0.15, 0.2) is 91.1 Å². The summed E-state index contributed by atoms with van der Waals surface area (Å²) >= 11 is 0. The van der Waals surface area contributed by atoms with E-state index in [1.165, 1.54) is 12.1 Å². The molecule has 0 spiro atoms. The maximum atomic E-state index is 12.9. The Hall–Kier alpha value is -3.47. The van der Waals surface area contributed by atoms with Crippen molar-refractivity contribution in [2.45, 2.75) is 12.6 Å². The molecule has 0 aromatic heterocycles. The average Bonchev–Trinajstić information content (AvgIpc) is 2.79. The van der Waals surface area contributed by atoms with Crippen LogP contribution in [0.3, 0.4) is 0 Å². The van der Waals surface area contributed by atoms with Crippen LogP contribution in [0, 0.1) is 0 Å². The van der Waals surface area contributed by atoms with E-state index in [-0.39, 0.29) is 0 Å². The Morgan fingerprint density at radius 3 is 2.26 bits per heavy atom. The summed E-state index contributed by atoms with van der Waals surface area (Å²) in [7, 11) is 0. The molecule has 158 valence electrons. The first kappa shape index (κ1) is 20.8. The van der Waals surface area contributed by atoms with Crippen molar-refractivity contribution in [1.82, 2.24) is 4.90 Å². The summed E-state index contributed by atoms with van der Waals surface area (Å²) < 4.78 is 44.6. The fourth-order valence-electron chi connectivity index (χ4n) is 3.44. The van der Waals surface area contributed by atoms with Gasteiger partial charge in [0.15, 0.2) is 0 Å². The molecule has 31 heavy (non-hydrogen) atoms. The highest BCUT2D eigenvalue weighted by Crippen LogP contribution is 2.32. The topological polar surface area (TPSA) is 12.5 Å². The summed E-state index contributed by atoms with van der Waals surface area (Å²) in [6, 6.07) is 23.0. The minimum atomic E-state index is -4.32. The summed E-state index contributed by atoms with van der Waals surface area (Å²) in [6.45, 7) is 1.42. The van der Waals surface area contributed by atoms with Crippen LogP contribution in [0.25, 0.3) is 11.6 Å². The fourth-order valence-corrected chi connectivity index (χ4v) is 3.44. The number of halogens is 3. The Labute approximate surface area is 179 Å². The van der Waals surface area contributed by atoms with Gasteiger partial charge in [-0.1, -0.05) is 48.5 Å². The Morgan fingerprint density at radius 2 is 1.58 bits per heavy atom. The van der Waals surface area contributed by atoms with Crippen LogP contribution >= 0.6 is 0 Å². The van der Waals surface area contributed by atoms with E-state index in [4.69, 9.17) is 4.74 Å². The average molecular weight is 421 g/mol. The van der Waals surface area contributed by atoms with Gasteiger partial charge in [-0.2, -0.15) is 13.2 Å². The van der Waals surface area contributed by atoms with E-state index in [0.29, 0.717) is 18.5 Å². The first-order chi connectivity index (χ1) is 15.0. The van der Waals surface area contributed by atoms with Crippen LogP contribution in [-0.2, 0) is 6.18 Å². The van der Waals surface area contributed by atoms with Crippen molar-refractivity contribution < 1.29 is 17.9 Å². The molecular formula is C26H22F3NO. The maximum Gasteiger partial charge on any atom is 0.416 e. The van der Waals surface area contributed by atoms with Crippen LogP contribution in [0.1, 0.15) is 23.1 Å². The second-order valence-electron chi connectivity index (χ2n) is 7.35. The molecule has 5 heteroatoms. The van der Waals surface area contributed by atoms with Gasteiger partial charge in [0.2, 0.25) is 0 Å². The van der Waals surface area contributed by atoms with Crippen molar-refractivity contribution in [1.29, 1.82) is 0 Å². The number of hydrogen-bond donors (Lipinski definition) is 0. The van der Waals surface area contributed by atoms with Crippen molar-refractivity contribution in [2.75, 3.05) is 13.1 Å². The van der Waals surface area contributed by atoms with Gasteiger partial charge in [-0.15, -0.1) is 0 Å². The van der Waals surface area contributed by atoms with Gasteiger partial charge in [0, 0.05) is 13.1 Å². The van der Waals surface area contributed by atoms with Crippen molar-refractivity contribution in [3.63, 3.8) is 0 Å². The molecule has 0 amide bonds. The number of alkyl halides is 3. The SMILES string of the molecule is FC(F)(F)c1cccc(C2=CCN(/C=C/c3ccc(Oc4ccccc4)cc3)CC2)c1. The lowest BCUT2D eigenvalue weighted by Crippen LogP contribution is -2.23. The zero-order valence-electron chi connectivity index (χ0n) is 16.8. The normalized spacial score (nSPS) is 14.5. The molecule has 0 saturated heterocycles. The third-order valence-corrected chi connectivity index (χ3v) is 5.14. The van der Waals surface area contributed by atoms with Crippen molar-refractivity contribution in [2.24, 2.45) is 0 Å². The number of para-hydroxylation sites is 1. The lowest BCUT2D eigenvalue weighted by Gasteiger charge is -2.25. The largest absolute Gasteiger partial charge is 0.457 e. The van der Waals surface area contributed by atoms with E-state index in [1.807, 2.05) is 72.9 Å². The lowest BCUT2D eigenvalue weighted by molar-refractivity contribution is -0.137. The molecule has 0 N–H and O–H groups in total. The predicted molar refractivity (Wildman–Crippen MR) is 118 cm³/mol. The number of benzene rings is 3. The minimum Gasteiger partial charge on any atom is -0.457 e. The number of hydrogen-bond acceptors (Lipinski definition) is 2. The molecule has 0 unspecified atom stereocenters. The van der Waals surface area contributed by atoms with E-state index >= 15 is 0 Å². The molecule has 0 radical (unpaired) electrons. The van der Waals surface area contributed by atoms with Crippen LogP contribution in [0.4, 0.5) is 13.2 Å². The molecule has 2 nitrogen and oxygen atoms in total. The Morgan fingerprint density at radius 1 is 0.839 bits per heavy atom. The highest BCUT2D eigenvalue weighted by atomic mass is 19.4. The molecular weight excluding hydrogens is 399 g/mol. The van der Waals surface area contributed by atoms with Crippen LogP contribution in [-0.4, -0.2) is 18.0 Å². The smallest absolute Gasteiger partial charge is 0.416 e. The molecule has 1 aliphatic heterocycles. The van der Waals surface area contributed by atoms with Gasteiger partial charge in [0.05, 0.1) is 5.56 Å². The van der Waals surface area contributed by atoms with E-state index in [2.05, 4.69) is 4.90 Å². The summed E-state index contributed by atoms with van der Waals surface area (Å²) in [5.74, 6) is 1.57. The third kappa shape index (κ3) is 5.57. The second-order valence-corrected chi connectivity index (χ2v) is 7.35. The van der Waals surface area contributed by atoms with Crippen molar-refractivity contribution >= 4 is 11.6 Å². The first-order valence-corrected chi connectivity index (χ1v) is 10.1. The van der Waals surface area contributed by atoms with Gasteiger partial charge in [0.1, 0.15) is 11.5 Å². The van der Waals surface area contributed by atoms with Crippen LogP contribution < -0.4 is 4.74 Å². The van der Waals surface area contributed by atoms with Gasteiger partial charge < -0.3 is 9.64 Å². The summed E-state index contributed by atoms with van der Waals surface area (Å²) in [4.78, 5) is 2.14. The Bertz CT molecular complexity index is 1070. The van der Waals surface area contributed by atoms with Gasteiger partial charge in [-0.3, -0.25) is 0 Å². The van der Waals surface area contributed by atoms with E-state index < -0.39 is 11.7 Å². The van der Waals surface area contributed by atoms with E-state index in [0.717, 1.165) is 35.2 Å². The molecule has 0 aliphatic carbocycles. The van der Waals surface area contributed by atoms with Crippen LogP contribution in [0.2, 0.25) is 0 Å². The van der Waals surface area contributed by atoms with Gasteiger partial charge in [0.25, 0.3) is 0 Å². The molecule has 1 aliphatic rings. The number of ether oxygens (including phenoxy) is 1. The monoisotopic (exact) mass is 421 g/mol. The second kappa shape index (κ2) is 9.13. The van der Waals surface area contributed by atoms with Gasteiger partial charge >= 0.3 is 6.18 Å². The predicted octanol–water partition coefficient (Wildman–Crippen LogP) is 7.26. The molecule has 0 bridgehead atoms. The fraction of sp³-hybridized carbons (Fsp3) is 0.154. The zero-order chi connectivity index (χ0) is 21.7. The summed E-state index contributed by atoms with van der Waals surface area (Å²) in [6.07, 6.45) is 2.43. The molecule has 4 rings (SSSR count). The van der Waals surface area contributed by atoms with Crippen molar-refractivity contribution in [3.8, 4) is 11.5 Å². The molecule has 0 saturated carbocycles.